The summed E-state index contributed by atoms with van der Waals surface area (Å²) < 4.78 is 0. The van der Waals surface area contributed by atoms with Crippen LogP contribution in [0.15, 0.2) is 17.3 Å². The van der Waals surface area contributed by atoms with Crippen LogP contribution in [0.4, 0.5) is 0 Å². The van der Waals surface area contributed by atoms with Crippen LogP contribution in [0.3, 0.4) is 0 Å². The monoisotopic (exact) mass is 207 g/mol. The van der Waals surface area contributed by atoms with Crippen molar-refractivity contribution in [1.29, 1.82) is 0 Å². The summed E-state index contributed by atoms with van der Waals surface area (Å²) in [6.45, 7) is 10.8. The highest BCUT2D eigenvalue weighted by molar-refractivity contribution is 5.55. The van der Waals surface area contributed by atoms with Gasteiger partial charge in [-0.25, -0.2) is 0 Å². The van der Waals surface area contributed by atoms with Gasteiger partial charge in [-0.2, -0.15) is 0 Å². The standard InChI is InChI=1S/C14H25N/c1-5-15-13(4)10-14-9-7-11(2)6-8-12(14)3/h5,11-12,14H,4,6-10H2,1-3H3/b15-5-/t11-,12?,14?/m1/s1. The first-order valence-corrected chi connectivity index (χ1v) is 6.30. The highest BCUT2D eigenvalue weighted by Crippen LogP contribution is 2.34. The van der Waals surface area contributed by atoms with Gasteiger partial charge in [0.2, 0.25) is 0 Å². The van der Waals surface area contributed by atoms with Crippen LogP contribution in [-0.4, -0.2) is 6.21 Å². The minimum absolute atomic E-state index is 0.811. The summed E-state index contributed by atoms with van der Waals surface area (Å²) in [5.41, 5.74) is 1.06. The van der Waals surface area contributed by atoms with Gasteiger partial charge in [-0.1, -0.05) is 39.7 Å². The van der Waals surface area contributed by atoms with Crippen molar-refractivity contribution in [3.05, 3.63) is 12.3 Å². The summed E-state index contributed by atoms with van der Waals surface area (Å²) in [6.07, 6.45) is 8.49. The fraction of sp³-hybridized carbons (Fsp3) is 0.786. The highest BCUT2D eigenvalue weighted by atomic mass is 14.7. The zero-order chi connectivity index (χ0) is 11.3. The number of allylic oxidation sites excluding steroid dienone is 1. The molecule has 1 aliphatic carbocycles. The summed E-state index contributed by atoms with van der Waals surface area (Å²) in [5, 5.41) is 0. The van der Waals surface area contributed by atoms with Crippen molar-refractivity contribution in [2.24, 2.45) is 22.7 Å². The molecule has 0 aromatic carbocycles. The minimum Gasteiger partial charge on any atom is -0.267 e. The first-order valence-electron chi connectivity index (χ1n) is 6.30. The first-order chi connectivity index (χ1) is 7.13. The lowest BCUT2D eigenvalue weighted by Crippen LogP contribution is -2.10. The van der Waals surface area contributed by atoms with E-state index in [0.717, 1.165) is 29.9 Å². The molecule has 0 heterocycles. The van der Waals surface area contributed by atoms with Gasteiger partial charge in [0.05, 0.1) is 0 Å². The zero-order valence-electron chi connectivity index (χ0n) is 10.5. The van der Waals surface area contributed by atoms with Crippen LogP contribution in [0.25, 0.3) is 0 Å². The SMILES string of the molecule is C=C(CC1CC[C@H](C)CCC1C)/N=C\C. The molecular formula is C14H25N. The van der Waals surface area contributed by atoms with E-state index in [9.17, 15) is 0 Å². The lowest BCUT2D eigenvalue weighted by Gasteiger charge is -2.20. The zero-order valence-corrected chi connectivity index (χ0v) is 10.5. The Labute approximate surface area is 94.7 Å². The van der Waals surface area contributed by atoms with Crippen molar-refractivity contribution in [2.45, 2.75) is 52.9 Å². The van der Waals surface area contributed by atoms with Crippen LogP contribution < -0.4 is 0 Å². The molecule has 3 atom stereocenters. The van der Waals surface area contributed by atoms with E-state index in [1.165, 1.54) is 25.7 Å². The second kappa shape index (κ2) is 6.09. The number of nitrogens with zero attached hydrogens (tertiary/aromatic N) is 1. The van der Waals surface area contributed by atoms with E-state index < -0.39 is 0 Å². The van der Waals surface area contributed by atoms with Crippen LogP contribution in [0.2, 0.25) is 0 Å². The molecule has 0 aromatic rings. The quantitative estimate of drug-likeness (QED) is 0.479. The molecule has 0 N–H and O–H groups in total. The molecule has 2 unspecified atom stereocenters. The van der Waals surface area contributed by atoms with Gasteiger partial charge in [-0.15, -0.1) is 0 Å². The van der Waals surface area contributed by atoms with Gasteiger partial charge in [-0.3, -0.25) is 4.99 Å². The average molecular weight is 207 g/mol. The van der Waals surface area contributed by atoms with E-state index in [-0.39, 0.29) is 0 Å². The Balaban J connectivity index is 2.48. The molecule has 1 heteroatoms. The third kappa shape index (κ3) is 4.19. The molecule has 1 fully saturated rings. The van der Waals surface area contributed by atoms with E-state index in [4.69, 9.17) is 0 Å². The minimum atomic E-state index is 0.811. The Morgan fingerprint density at radius 3 is 2.60 bits per heavy atom. The molecule has 0 aromatic heterocycles. The molecular weight excluding hydrogens is 182 g/mol. The lowest BCUT2D eigenvalue weighted by molar-refractivity contribution is 0.335. The van der Waals surface area contributed by atoms with Crippen molar-refractivity contribution in [3.8, 4) is 0 Å². The molecule has 1 aliphatic rings. The molecule has 0 bridgehead atoms. The van der Waals surface area contributed by atoms with Gasteiger partial charge in [0, 0.05) is 11.9 Å². The van der Waals surface area contributed by atoms with E-state index in [1.807, 2.05) is 13.1 Å². The lowest BCUT2D eigenvalue weighted by atomic mass is 9.86. The Kier molecular flexibility index (Phi) is 5.07. The highest BCUT2D eigenvalue weighted by Gasteiger charge is 2.22. The maximum absolute atomic E-state index is 4.28. The topological polar surface area (TPSA) is 12.4 Å². The number of aliphatic imine (C=N–C) groups is 1. The van der Waals surface area contributed by atoms with Gasteiger partial charge >= 0.3 is 0 Å². The predicted molar refractivity (Wildman–Crippen MR) is 68.2 cm³/mol. The Bertz CT molecular complexity index is 229. The molecule has 86 valence electrons. The fourth-order valence-corrected chi connectivity index (χ4v) is 2.55. The van der Waals surface area contributed by atoms with Crippen LogP contribution in [-0.2, 0) is 0 Å². The van der Waals surface area contributed by atoms with Crippen LogP contribution >= 0.6 is 0 Å². The molecule has 0 radical (unpaired) electrons. The number of hydrogen-bond acceptors (Lipinski definition) is 1. The van der Waals surface area contributed by atoms with Crippen LogP contribution in [0, 0.1) is 17.8 Å². The second-order valence-corrected chi connectivity index (χ2v) is 5.15. The van der Waals surface area contributed by atoms with Gasteiger partial charge in [-0.05, 0) is 37.5 Å². The normalized spacial score (nSPS) is 32.9. The van der Waals surface area contributed by atoms with Gasteiger partial charge in [0.25, 0.3) is 0 Å². The maximum atomic E-state index is 4.28. The van der Waals surface area contributed by atoms with Gasteiger partial charge in [0.1, 0.15) is 0 Å². The van der Waals surface area contributed by atoms with Crippen molar-refractivity contribution in [2.75, 3.05) is 0 Å². The Morgan fingerprint density at radius 1 is 1.27 bits per heavy atom. The van der Waals surface area contributed by atoms with Crippen LogP contribution in [0.1, 0.15) is 52.9 Å². The van der Waals surface area contributed by atoms with E-state index >= 15 is 0 Å². The van der Waals surface area contributed by atoms with Gasteiger partial charge < -0.3 is 0 Å². The summed E-state index contributed by atoms with van der Waals surface area (Å²) in [5.74, 6) is 2.57. The van der Waals surface area contributed by atoms with E-state index in [1.54, 1.807) is 0 Å². The molecule has 1 nitrogen and oxygen atoms in total. The fourth-order valence-electron chi connectivity index (χ4n) is 2.55. The summed E-state index contributed by atoms with van der Waals surface area (Å²) >= 11 is 0. The Morgan fingerprint density at radius 2 is 1.93 bits per heavy atom. The van der Waals surface area contributed by atoms with E-state index in [2.05, 4.69) is 25.4 Å². The molecule has 1 rings (SSSR count). The molecule has 0 saturated heterocycles. The summed E-state index contributed by atoms with van der Waals surface area (Å²) in [4.78, 5) is 4.28. The maximum Gasteiger partial charge on any atom is 0.0330 e. The molecule has 0 spiro atoms. The molecule has 0 amide bonds. The molecule has 15 heavy (non-hydrogen) atoms. The third-order valence-corrected chi connectivity index (χ3v) is 3.76. The summed E-state index contributed by atoms with van der Waals surface area (Å²) in [7, 11) is 0. The number of hydrogen-bond donors (Lipinski definition) is 0. The average Bonchev–Trinajstić information content (AvgIpc) is 2.33. The number of rotatable bonds is 3. The smallest absolute Gasteiger partial charge is 0.0330 e. The largest absolute Gasteiger partial charge is 0.267 e. The van der Waals surface area contributed by atoms with Crippen molar-refractivity contribution in [1.82, 2.24) is 0 Å². The second-order valence-electron chi connectivity index (χ2n) is 5.15. The molecule has 0 aliphatic heterocycles. The first kappa shape index (κ1) is 12.5. The Hall–Kier alpha value is -0.590. The summed E-state index contributed by atoms with van der Waals surface area (Å²) in [6, 6.07) is 0. The van der Waals surface area contributed by atoms with E-state index in [0.29, 0.717) is 0 Å². The van der Waals surface area contributed by atoms with Crippen molar-refractivity contribution in [3.63, 3.8) is 0 Å². The predicted octanol–water partition coefficient (Wildman–Crippen LogP) is 4.44. The third-order valence-electron chi connectivity index (χ3n) is 3.76. The van der Waals surface area contributed by atoms with Crippen molar-refractivity contribution < 1.29 is 0 Å². The molecule has 1 saturated carbocycles. The van der Waals surface area contributed by atoms with Gasteiger partial charge in [0.15, 0.2) is 0 Å². The van der Waals surface area contributed by atoms with Crippen molar-refractivity contribution >= 4 is 6.21 Å². The van der Waals surface area contributed by atoms with Crippen LogP contribution in [0.5, 0.6) is 0 Å².